The highest BCUT2D eigenvalue weighted by Gasteiger charge is 2.43. The minimum absolute atomic E-state index is 0.000907. The van der Waals surface area contributed by atoms with Crippen molar-refractivity contribution in [1.29, 1.82) is 0 Å². The van der Waals surface area contributed by atoms with Gasteiger partial charge in [-0.2, -0.15) is 4.31 Å². The van der Waals surface area contributed by atoms with Crippen LogP contribution >= 0.6 is 0 Å². The van der Waals surface area contributed by atoms with Crippen LogP contribution in [0, 0.1) is 11.7 Å². The van der Waals surface area contributed by atoms with Crippen LogP contribution in [-0.2, 0) is 10.0 Å². The van der Waals surface area contributed by atoms with E-state index in [2.05, 4.69) is 6.92 Å². The molecule has 0 unspecified atom stereocenters. The van der Waals surface area contributed by atoms with E-state index in [1.54, 1.807) is 12.1 Å². The molecule has 4 rings (SSSR count). The van der Waals surface area contributed by atoms with Gasteiger partial charge in [-0.15, -0.1) is 0 Å². The molecule has 2 aromatic rings. The fraction of sp³-hybridized carbons (Fsp3) is 0.450. The Labute approximate surface area is 158 Å². The first-order valence-electron chi connectivity index (χ1n) is 9.39. The van der Waals surface area contributed by atoms with Crippen LogP contribution in [-0.4, -0.2) is 30.4 Å². The molecule has 0 aliphatic carbocycles. The Hall–Kier alpha value is -1.99. The van der Waals surface area contributed by atoms with Crippen LogP contribution < -0.4 is 5.56 Å². The minimum Gasteiger partial charge on any atom is -0.309 e. The maximum atomic E-state index is 13.2. The number of hydrogen-bond donors (Lipinski definition) is 0. The van der Waals surface area contributed by atoms with E-state index in [0.29, 0.717) is 13.1 Å². The first-order chi connectivity index (χ1) is 12.9. The highest BCUT2D eigenvalue weighted by molar-refractivity contribution is 7.89. The Morgan fingerprint density at radius 1 is 1.11 bits per heavy atom. The highest BCUT2D eigenvalue weighted by Crippen LogP contribution is 2.43. The molecular weight excluding hydrogens is 367 g/mol. The van der Waals surface area contributed by atoms with Gasteiger partial charge in [0.2, 0.25) is 10.0 Å². The number of fused-ring (bicyclic) bond motifs is 4. The third kappa shape index (κ3) is 3.12. The fourth-order valence-electron chi connectivity index (χ4n) is 4.62. The molecule has 0 spiro atoms. The van der Waals surface area contributed by atoms with Crippen LogP contribution in [0.25, 0.3) is 0 Å². The first-order valence-corrected chi connectivity index (χ1v) is 10.8. The molecule has 2 aliphatic heterocycles. The molecule has 1 fully saturated rings. The summed E-state index contributed by atoms with van der Waals surface area (Å²) in [6.07, 6.45) is 2.67. The van der Waals surface area contributed by atoms with E-state index >= 15 is 0 Å². The SMILES string of the molecule is CCC[C@H]1[C@H]2C[C@H](CN(S(=O)(=O)c3ccc(F)cc3)C2)c2cccc(=O)n21. The van der Waals surface area contributed by atoms with E-state index in [4.69, 9.17) is 0 Å². The second-order valence-electron chi connectivity index (χ2n) is 7.48. The molecule has 1 saturated heterocycles. The van der Waals surface area contributed by atoms with Gasteiger partial charge in [-0.05, 0) is 49.1 Å². The van der Waals surface area contributed by atoms with Crippen LogP contribution in [0.4, 0.5) is 4.39 Å². The van der Waals surface area contributed by atoms with Gasteiger partial charge in [-0.1, -0.05) is 19.4 Å². The summed E-state index contributed by atoms with van der Waals surface area (Å²) in [6, 6.07) is 10.3. The van der Waals surface area contributed by atoms with Crippen molar-refractivity contribution >= 4 is 10.0 Å². The second-order valence-corrected chi connectivity index (χ2v) is 9.42. The maximum Gasteiger partial charge on any atom is 0.250 e. The average Bonchev–Trinajstić information content (AvgIpc) is 2.65. The Balaban J connectivity index is 1.74. The molecule has 5 nitrogen and oxygen atoms in total. The molecule has 0 amide bonds. The lowest BCUT2D eigenvalue weighted by Gasteiger charge is -2.46. The summed E-state index contributed by atoms with van der Waals surface area (Å²) in [5.41, 5.74) is 0.923. The number of sulfonamides is 1. The molecule has 7 heteroatoms. The Kier molecular flexibility index (Phi) is 4.68. The van der Waals surface area contributed by atoms with Gasteiger partial charge in [0.25, 0.3) is 5.56 Å². The number of benzene rings is 1. The van der Waals surface area contributed by atoms with Crippen molar-refractivity contribution in [3.63, 3.8) is 0 Å². The standard InChI is InChI=1S/C20H23FN2O3S/c1-2-4-18-14-11-15(19-5-3-6-20(24)23(18)19)13-22(12-14)27(25,26)17-9-7-16(21)8-10-17/h3,5-10,14-15,18H,2,4,11-13H2,1H3/t14-,15+,18-/m0/s1. The van der Waals surface area contributed by atoms with E-state index < -0.39 is 15.8 Å². The Morgan fingerprint density at radius 2 is 1.85 bits per heavy atom. The van der Waals surface area contributed by atoms with E-state index in [0.717, 1.165) is 25.0 Å². The number of nitrogens with zero attached hydrogens (tertiary/aromatic N) is 2. The van der Waals surface area contributed by atoms with Crippen molar-refractivity contribution in [1.82, 2.24) is 8.87 Å². The zero-order chi connectivity index (χ0) is 19.2. The average molecular weight is 390 g/mol. The molecule has 27 heavy (non-hydrogen) atoms. The lowest BCUT2D eigenvalue weighted by Crippen LogP contribution is -2.51. The van der Waals surface area contributed by atoms with Gasteiger partial charge in [-0.25, -0.2) is 12.8 Å². The molecule has 2 aliphatic rings. The number of halogens is 1. The number of hydrogen-bond acceptors (Lipinski definition) is 3. The lowest BCUT2D eigenvalue weighted by atomic mass is 9.78. The van der Waals surface area contributed by atoms with Gasteiger partial charge in [0.15, 0.2) is 0 Å². The largest absolute Gasteiger partial charge is 0.309 e. The smallest absolute Gasteiger partial charge is 0.250 e. The van der Waals surface area contributed by atoms with Crippen LogP contribution in [0.1, 0.15) is 43.8 Å². The molecule has 144 valence electrons. The monoisotopic (exact) mass is 390 g/mol. The summed E-state index contributed by atoms with van der Waals surface area (Å²) in [5.74, 6) is -0.353. The zero-order valence-corrected chi connectivity index (χ0v) is 16.0. The van der Waals surface area contributed by atoms with E-state index in [-0.39, 0.29) is 28.3 Å². The van der Waals surface area contributed by atoms with Crippen LogP contribution in [0.2, 0.25) is 0 Å². The van der Waals surface area contributed by atoms with E-state index in [9.17, 15) is 17.6 Å². The molecule has 0 saturated carbocycles. The summed E-state index contributed by atoms with van der Waals surface area (Å²) >= 11 is 0. The van der Waals surface area contributed by atoms with Crippen molar-refractivity contribution < 1.29 is 12.8 Å². The van der Waals surface area contributed by atoms with E-state index in [1.807, 2.05) is 10.6 Å². The topological polar surface area (TPSA) is 59.4 Å². The van der Waals surface area contributed by atoms with Gasteiger partial charge < -0.3 is 4.57 Å². The quantitative estimate of drug-likeness (QED) is 0.806. The van der Waals surface area contributed by atoms with Crippen molar-refractivity contribution in [2.75, 3.05) is 13.1 Å². The normalized spacial score (nSPS) is 25.2. The predicted octanol–water partition coefficient (Wildman–Crippen LogP) is 3.14. The third-order valence-electron chi connectivity index (χ3n) is 5.80. The number of pyridine rings is 1. The molecule has 1 aromatic heterocycles. The predicted molar refractivity (Wildman–Crippen MR) is 101 cm³/mol. The minimum atomic E-state index is -3.69. The van der Waals surface area contributed by atoms with Crippen LogP contribution in [0.3, 0.4) is 0 Å². The molecule has 0 radical (unpaired) electrons. The van der Waals surface area contributed by atoms with Crippen molar-refractivity contribution in [2.45, 2.75) is 43.0 Å². The van der Waals surface area contributed by atoms with E-state index in [1.165, 1.54) is 28.6 Å². The summed E-state index contributed by atoms with van der Waals surface area (Å²) < 4.78 is 42.8. The van der Waals surface area contributed by atoms with Gasteiger partial charge in [0.05, 0.1) is 4.90 Å². The zero-order valence-electron chi connectivity index (χ0n) is 15.2. The molecule has 3 heterocycles. The van der Waals surface area contributed by atoms with Crippen LogP contribution in [0.15, 0.2) is 52.2 Å². The van der Waals surface area contributed by atoms with Crippen molar-refractivity contribution in [3.8, 4) is 0 Å². The van der Waals surface area contributed by atoms with Gasteiger partial charge >= 0.3 is 0 Å². The Morgan fingerprint density at radius 3 is 2.56 bits per heavy atom. The maximum absolute atomic E-state index is 13.2. The fourth-order valence-corrected chi connectivity index (χ4v) is 6.16. The van der Waals surface area contributed by atoms with Gasteiger partial charge in [0, 0.05) is 36.8 Å². The number of rotatable bonds is 4. The molecule has 1 aromatic carbocycles. The van der Waals surface area contributed by atoms with Gasteiger partial charge in [-0.3, -0.25) is 4.79 Å². The highest BCUT2D eigenvalue weighted by atomic mass is 32.2. The summed E-state index contributed by atoms with van der Waals surface area (Å²) in [4.78, 5) is 12.6. The molecular formula is C20H23FN2O3S. The molecule has 2 bridgehead atoms. The number of aromatic nitrogens is 1. The molecule has 3 atom stereocenters. The molecule has 0 N–H and O–H groups in total. The Bertz CT molecular complexity index is 1000. The number of piperidine rings is 1. The summed E-state index contributed by atoms with van der Waals surface area (Å²) in [6.45, 7) is 2.82. The van der Waals surface area contributed by atoms with Gasteiger partial charge in [0.1, 0.15) is 5.82 Å². The second kappa shape index (κ2) is 6.87. The summed E-state index contributed by atoms with van der Waals surface area (Å²) in [7, 11) is -3.69. The van der Waals surface area contributed by atoms with Crippen LogP contribution in [0.5, 0.6) is 0 Å². The first kappa shape index (κ1) is 18.4. The third-order valence-corrected chi connectivity index (χ3v) is 7.65. The lowest BCUT2D eigenvalue weighted by molar-refractivity contribution is 0.136. The van der Waals surface area contributed by atoms with Crippen molar-refractivity contribution in [2.24, 2.45) is 5.92 Å². The summed E-state index contributed by atoms with van der Waals surface area (Å²) in [5, 5.41) is 0. The van der Waals surface area contributed by atoms with Crippen molar-refractivity contribution in [3.05, 3.63) is 64.3 Å².